The Morgan fingerprint density at radius 3 is 2.02 bits per heavy atom. The highest BCUT2D eigenvalue weighted by Crippen LogP contribution is 2.11. The summed E-state index contributed by atoms with van der Waals surface area (Å²) in [5, 5.41) is 2.79. The molecular weight excluding hydrogens is 510 g/mol. The number of carbonyl (C=O) groups excluding carboxylic acids is 4. The van der Waals surface area contributed by atoms with Crippen LogP contribution in [0.25, 0.3) is 0 Å². The SMILES string of the molecule is C=CCOC(=O)[C@H](COCc1ccccc1)OC(=O)CCC(=O)[C@H](Cc1ccccc1)NC(=O)c1ccccc1. The van der Waals surface area contributed by atoms with Crippen LogP contribution in [0.2, 0.25) is 0 Å². The van der Waals surface area contributed by atoms with E-state index in [4.69, 9.17) is 14.2 Å². The van der Waals surface area contributed by atoms with Gasteiger partial charge in [0.1, 0.15) is 6.61 Å². The fraction of sp³-hybridized carbons (Fsp3) is 0.250. The summed E-state index contributed by atoms with van der Waals surface area (Å²) in [7, 11) is 0. The first-order valence-corrected chi connectivity index (χ1v) is 13.0. The van der Waals surface area contributed by atoms with Crippen LogP contribution in [0.5, 0.6) is 0 Å². The highest BCUT2D eigenvalue weighted by Gasteiger charge is 2.27. The summed E-state index contributed by atoms with van der Waals surface area (Å²) < 4.78 is 16.0. The van der Waals surface area contributed by atoms with Crippen molar-refractivity contribution < 1.29 is 33.4 Å². The first kappa shape index (κ1) is 30.0. The van der Waals surface area contributed by atoms with Gasteiger partial charge in [-0.15, -0.1) is 0 Å². The molecule has 1 amide bonds. The van der Waals surface area contributed by atoms with E-state index in [2.05, 4.69) is 11.9 Å². The first-order chi connectivity index (χ1) is 19.5. The normalized spacial score (nSPS) is 12.0. The molecule has 0 radical (unpaired) electrons. The Labute approximate surface area is 234 Å². The molecule has 2 atom stereocenters. The van der Waals surface area contributed by atoms with Crippen LogP contribution in [-0.4, -0.2) is 49.0 Å². The molecule has 0 aromatic heterocycles. The molecule has 3 rings (SSSR count). The van der Waals surface area contributed by atoms with E-state index in [0.29, 0.717) is 5.56 Å². The molecule has 0 fully saturated rings. The zero-order valence-electron chi connectivity index (χ0n) is 22.2. The lowest BCUT2D eigenvalue weighted by molar-refractivity contribution is -0.171. The largest absolute Gasteiger partial charge is 0.459 e. The minimum atomic E-state index is -1.30. The monoisotopic (exact) mass is 543 g/mol. The molecule has 208 valence electrons. The van der Waals surface area contributed by atoms with Crippen molar-refractivity contribution in [3.05, 3.63) is 120 Å². The average molecular weight is 544 g/mol. The van der Waals surface area contributed by atoms with Crippen LogP contribution in [0.15, 0.2) is 104 Å². The third-order valence-corrected chi connectivity index (χ3v) is 5.85. The lowest BCUT2D eigenvalue weighted by Crippen LogP contribution is -2.42. The van der Waals surface area contributed by atoms with Crippen LogP contribution >= 0.6 is 0 Å². The minimum Gasteiger partial charge on any atom is -0.459 e. The van der Waals surface area contributed by atoms with Gasteiger partial charge in [-0.25, -0.2) is 4.79 Å². The summed E-state index contributed by atoms with van der Waals surface area (Å²) in [6.45, 7) is 3.46. The molecule has 0 aliphatic carbocycles. The van der Waals surface area contributed by atoms with E-state index in [1.165, 1.54) is 6.08 Å². The molecule has 8 nitrogen and oxygen atoms in total. The quantitative estimate of drug-likeness (QED) is 0.213. The van der Waals surface area contributed by atoms with Crippen LogP contribution < -0.4 is 5.32 Å². The molecule has 0 spiro atoms. The van der Waals surface area contributed by atoms with Crippen molar-refractivity contribution in [2.24, 2.45) is 0 Å². The van der Waals surface area contributed by atoms with E-state index in [-0.39, 0.29) is 44.9 Å². The summed E-state index contributed by atoms with van der Waals surface area (Å²) in [5.74, 6) is -2.26. The van der Waals surface area contributed by atoms with Crippen molar-refractivity contribution in [3.63, 3.8) is 0 Å². The van der Waals surface area contributed by atoms with Gasteiger partial charge in [0.25, 0.3) is 5.91 Å². The lowest BCUT2D eigenvalue weighted by Gasteiger charge is -2.19. The second-order valence-corrected chi connectivity index (χ2v) is 8.95. The predicted molar refractivity (Wildman–Crippen MR) is 149 cm³/mol. The van der Waals surface area contributed by atoms with Crippen molar-refractivity contribution in [3.8, 4) is 0 Å². The number of esters is 2. The Balaban J connectivity index is 1.59. The number of ketones is 1. The molecule has 1 N–H and O–H groups in total. The van der Waals surface area contributed by atoms with E-state index >= 15 is 0 Å². The van der Waals surface area contributed by atoms with Crippen LogP contribution in [0.3, 0.4) is 0 Å². The van der Waals surface area contributed by atoms with Crippen molar-refractivity contribution in [1.82, 2.24) is 5.32 Å². The summed E-state index contributed by atoms with van der Waals surface area (Å²) >= 11 is 0. The number of rotatable bonds is 16. The van der Waals surface area contributed by atoms with Crippen LogP contribution in [0, 0.1) is 0 Å². The molecule has 0 bridgehead atoms. The number of carbonyl (C=O) groups is 4. The highest BCUT2D eigenvalue weighted by molar-refractivity contribution is 5.98. The number of ether oxygens (including phenoxy) is 3. The molecule has 3 aromatic carbocycles. The maximum atomic E-state index is 13.2. The third-order valence-electron chi connectivity index (χ3n) is 5.85. The van der Waals surface area contributed by atoms with E-state index in [1.54, 1.807) is 30.3 Å². The summed E-state index contributed by atoms with van der Waals surface area (Å²) in [4.78, 5) is 51.0. The fourth-order valence-electron chi connectivity index (χ4n) is 3.79. The Morgan fingerprint density at radius 1 is 0.800 bits per heavy atom. The molecule has 0 saturated carbocycles. The van der Waals surface area contributed by atoms with Gasteiger partial charge in [-0.1, -0.05) is 91.5 Å². The Kier molecular flexibility index (Phi) is 12.3. The fourth-order valence-corrected chi connectivity index (χ4v) is 3.79. The molecule has 0 saturated heterocycles. The number of hydrogen-bond acceptors (Lipinski definition) is 7. The van der Waals surface area contributed by atoms with Crippen molar-refractivity contribution >= 4 is 23.6 Å². The summed E-state index contributed by atoms with van der Waals surface area (Å²) in [6, 6.07) is 26.3. The molecule has 0 aliphatic rings. The number of Topliss-reactive ketones (excluding diaryl/α,β-unsaturated/α-hetero) is 1. The van der Waals surface area contributed by atoms with E-state index in [9.17, 15) is 19.2 Å². The van der Waals surface area contributed by atoms with E-state index in [1.807, 2.05) is 60.7 Å². The summed E-state index contributed by atoms with van der Waals surface area (Å²) in [5.41, 5.74) is 2.17. The van der Waals surface area contributed by atoms with Gasteiger partial charge in [0, 0.05) is 12.0 Å². The van der Waals surface area contributed by atoms with Crippen molar-refractivity contribution in [1.29, 1.82) is 0 Å². The van der Waals surface area contributed by atoms with Crippen molar-refractivity contribution in [2.75, 3.05) is 13.2 Å². The number of nitrogens with one attached hydrogen (secondary N) is 1. The van der Waals surface area contributed by atoms with Crippen molar-refractivity contribution in [2.45, 2.75) is 38.0 Å². The Hall–Kier alpha value is -4.56. The van der Waals surface area contributed by atoms with Crippen LogP contribution in [0.4, 0.5) is 0 Å². The molecule has 0 unspecified atom stereocenters. The molecule has 0 heterocycles. The lowest BCUT2D eigenvalue weighted by atomic mass is 9.99. The molecule has 8 heteroatoms. The van der Waals surface area contributed by atoms with Gasteiger partial charge in [0.2, 0.25) is 6.10 Å². The Bertz CT molecular complexity index is 1250. The Morgan fingerprint density at radius 2 is 1.40 bits per heavy atom. The van der Waals surface area contributed by atoms with Gasteiger partial charge in [0.15, 0.2) is 5.78 Å². The number of benzene rings is 3. The maximum absolute atomic E-state index is 13.2. The average Bonchev–Trinajstić information content (AvgIpc) is 2.99. The van der Waals surface area contributed by atoms with Crippen LogP contribution in [-0.2, 0) is 41.6 Å². The minimum absolute atomic E-state index is 0.0493. The molecule has 3 aromatic rings. The molecular formula is C32H33NO7. The zero-order valence-corrected chi connectivity index (χ0v) is 22.2. The number of amides is 1. The topological polar surface area (TPSA) is 108 Å². The summed E-state index contributed by atoms with van der Waals surface area (Å²) in [6.07, 6.45) is -0.113. The predicted octanol–water partition coefficient (Wildman–Crippen LogP) is 4.23. The van der Waals surface area contributed by atoms with Gasteiger partial charge < -0.3 is 19.5 Å². The third kappa shape index (κ3) is 10.3. The molecule has 40 heavy (non-hydrogen) atoms. The van der Waals surface area contributed by atoms with Gasteiger partial charge in [-0.05, 0) is 29.7 Å². The van der Waals surface area contributed by atoms with Gasteiger partial charge in [0.05, 0.1) is 25.7 Å². The first-order valence-electron chi connectivity index (χ1n) is 13.0. The smallest absolute Gasteiger partial charge is 0.350 e. The number of hydrogen-bond donors (Lipinski definition) is 1. The standard InChI is InChI=1S/C32H33NO7/c1-2-20-39-32(37)29(23-38-22-25-14-8-4-9-15-25)40-30(35)19-18-28(34)27(21-24-12-6-3-7-13-24)33-31(36)26-16-10-5-11-17-26/h2-17,27,29H,1,18-23H2,(H,33,36)/t27-,29-/m0/s1. The zero-order chi connectivity index (χ0) is 28.6. The highest BCUT2D eigenvalue weighted by atomic mass is 16.6. The van der Waals surface area contributed by atoms with Gasteiger partial charge in [-0.2, -0.15) is 0 Å². The van der Waals surface area contributed by atoms with Gasteiger partial charge >= 0.3 is 11.9 Å². The van der Waals surface area contributed by atoms with E-state index in [0.717, 1.165) is 11.1 Å². The van der Waals surface area contributed by atoms with Crippen LogP contribution in [0.1, 0.15) is 34.3 Å². The second-order valence-electron chi connectivity index (χ2n) is 8.95. The molecule has 0 aliphatic heterocycles. The maximum Gasteiger partial charge on any atom is 0.350 e. The van der Waals surface area contributed by atoms with Gasteiger partial charge in [-0.3, -0.25) is 14.4 Å². The van der Waals surface area contributed by atoms with E-state index < -0.39 is 30.0 Å². The second kappa shape index (κ2) is 16.4.